The molecule has 1 N–H and O–H groups in total. The Morgan fingerprint density at radius 1 is 1.21 bits per heavy atom. The molecule has 4 aliphatic rings. The Morgan fingerprint density at radius 3 is 2.69 bits per heavy atom. The van der Waals surface area contributed by atoms with E-state index >= 15 is 0 Å². The molecular weight excluding hydrogens is 368 g/mol. The van der Waals surface area contributed by atoms with Crippen molar-refractivity contribution >= 4 is 17.5 Å². The molecule has 29 heavy (non-hydrogen) atoms. The summed E-state index contributed by atoms with van der Waals surface area (Å²) in [6, 6.07) is 0. The Balaban J connectivity index is 1.63. The summed E-state index contributed by atoms with van der Waals surface area (Å²) in [5, 5.41) is 11.5. The number of fused-ring (bicyclic) bond motifs is 5. The van der Waals surface area contributed by atoms with Crippen LogP contribution in [0.2, 0.25) is 0 Å². The van der Waals surface area contributed by atoms with Crippen LogP contribution in [0.4, 0.5) is 0 Å². The normalized spacial score (nSPS) is 40.9. The first-order chi connectivity index (χ1) is 13.7. The van der Waals surface area contributed by atoms with Crippen molar-refractivity contribution in [2.24, 2.45) is 22.7 Å². The molecule has 0 aromatic carbocycles. The predicted octanol–water partition coefficient (Wildman–Crippen LogP) is 3.69. The fraction of sp³-hybridized carbons (Fsp3) is 0.708. The Bertz CT molecular complexity index is 823. The van der Waals surface area contributed by atoms with Crippen molar-refractivity contribution in [3.8, 4) is 0 Å². The maximum Gasteiger partial charge on any atom is 0.305 e. The van der Waals surface area contributed by atoms with Gasteiger partial charge in [0.2, 0.25) is 5.78 Å². The van der Waals surface area contributed by atoms with E-state index in [1.165, 1.54) is 11.1 Å². The van der Waals surface area contributed by atoms with Crippen molar-refractivity contribution in [3.63, 3.8) is 0 Å². The van der Waals surface area contributed by atoms with E-state index in [0.29, 0.717) is 25.2 Å². The van der Waals surface area contributed by atoms with Crippen molar-refractivity contribution < 1.29 is 24.2 Å². The van der Waals surface area contributed by atoms with Gasteiger partial charge in [0, 0.05) is 23.7 Å². The van der Waals surface area contributed by atoms with Crippen LogP contribution >= 0.6 is 0 Å². The van der Waals surface area contributed by atoms with Gasteiger partial charge in [0.1, 0.15) is 5.60 Å². The molecule has 0 amide bonds. The smallest absolute Gasteiger partial charge is 0.305 e. The van der Waals surface area contributed by atoms with Crippen LogP contribution in [0.25, 0.3) is 0 Å². The zero-order valence-electron chi connectivity index (χ0n) is 17.8. The van der Waals surface area contributed by atoms with Gasteiger partial charge >= 0.3 is 5.97 Å². The van der Waals surface area contributed by atoms with Gasteiger partial charge in [-0.3, -0.25) is 14.4 Å². The Hall–Kier alpha value is -1.75. The molecule has 4 rings (SSSR count). The van der Waals surface area contributed by atoms with Crippen LogP contribution in [0.5, 0.6) is 0 Å². The van der Waals surface area contributed by atoms with Crippen molar-refractivity contribution in [1.29, 1.82) is 0 Å². The number of ketones is 2. The van der Waals surface area contributed by atoms with E-state index in [2.05, 4.69) is 13.0 Å². The van der Waals surface area contributed by atoms with E-state index in [4.69, 9.17) is 4.74 Å². The zero-order chi connectivity index (χ0) is 21.0. The Morgan fingerprint density at radius 2 is 1.97 bits per heavy atom. The summed E-state index contributed by atoms with van der Waals surface area (Å²) in [4.78, 5) is 36.4. The Labute approximate surface area is 172 Å². The summed E-state index contributed by atoms with van der Waals surface area (Å²) >= 11 is 0. The largest absolute Gasteiger partial charge is 0.458 e. The zero-order valence-corrected chi connectivity index (χ0v) is 17.8. The van der Waals surface area contributed by atoms with Gasteiger partial charge < -0.3 is 9.84 Å². The molecular formula is C24H32O5. The SMILES string of the molecule is CCC(=O)OCC(=O)[C@@]1(O)CCC2C3CCC4=CC(=O)CC[C@]4(C)C3=CC[C@@]21C. The molecule has 5 heteroatoms. The van der Waals surface area contributed by atoms with E-state index < -0.39 is 17.0 Å². The topological polar surface area (TPSA) is 80.7 Å². The molecule has 2 fully saturated rings. The molecule has 2 unspecified atom stereocenters. The summed E-state index contributed by atoms with van der Waals surface area (Å²) in [6.45, 7) is 5.64. The van der Waals surface area contributed by atoms with Gasteiger partial charge in [0.25, 0.3) is 0 Å². The van der Waals surface area contributed by atoms with Crippen LogP contribution in [0, 0.1) is 22.7 Å². The summed E-state index contributed by atoms with van der Waals surface area (Å²) < 4.78 is 5.06. The number of hydrogen-bond acceptors (Lipinski definition) is 5. The predicted molar refractivity (Wildman–Crippen MR) is 108 cm³/mol. The molecule has 0 aromatic heterocycles. The van der Waals surface area contributed by atoms with Gasteiger partial charge in [-0.1, -0.05) is 38.0 Å². The summed E-state index contributed by atoms with van der Waals surface area (Å²) in [6.07, 6.45) is 9.55. The number of Topliss-reactive ketones (excluding diaryl/α,β-unsaturated/α-hetero) is 1. The number of aliphatic hydroxyl groups is 1. The van der Waals surface area contributed by atoms with Crippen LogP contribution in [-0.4, -0.2) is 34.9 Å². The van der Waals surface area contributed by atoms with Gasteiger partial charge in [-0.2, -0.15) is 0 Å². The highest BCUT2D eigenvalue weighted by molar-refractivity contribution is 5.92. The summed E-state index contributed by atoms with van der Waals surface area (Å²) in [5.41, 5.74) is 0.626. The van der Waals surface area contributed by atoms with Crippen molar-refractivity contribution in [2.45, 2.75) is 77.7 Å². The lowest BCUT2D eigenvalue weighted by molar-refractivity contribution is -0.163. The highest BCUT2D eigenvalue weighted by Gasteiger charge is 2.64. The second kappa shape index (κ2) is 6.90. The van der Waals surface area contributed by atoms with E-state index in [-0.39, 0.29) is 35.9 Å². The van der Waals surface area contributed by atoms with Crippen molar-refractivity contribution in [2.75, 3.05) is 6.61 Å². The minimum Gasteiger partial charge on any atom is -0.458 e. The van der Waals surface area contributed by atoms with Gasteiger partial charge in [0.15, 0.2) is 12.4 Å². The van der Waals surface area contributed by atoms with Crippen LogP contribution < -0.4 is 0 Å². The highest BCUT2D eigenvalue weighted by Crippen LogP contribution is 2.65. The third-order valence-corrected chi connectivity index (χ3v) is 8.60. The fourth-order valence-electron chi connectivity index (χ4n) is 6.70. The quantitative estimate of drug-likeness (QED) is 0.575. The van der Waals surface area contributed by atoms with Crippen LogP contribution in [-0.2, 0) is 19.1 Å². The molecule has 0 saturated heterocycles. The standard InChI is InChI=1S/C24H32O5/c1-4-21(27)29-14-20(26)24(28)12-9-19-17-6-5-15-13-16(25)7-10-22(15,2)18(17)8-11-23(19,24)3/h8,13,17,19,28H,4-7,9-12,14H2,1-3H3/t17?,19?,22-,23-,24-/m0/s1. The molecule has 0 aromatic rings. The number of allylic oxidation sites excluding steroid dienone is 4. The van der Waals surface area contributed by atoms with E-state index in [1.807, 2.05) is 13.0 Å². The first-order valence-corrected chi connectivity index (χ1v) is 11.0. The lowest BCUT2D eigenvalue weighted by Crippen LogP contribution is -2.55. The van der Waals surface area contributed by atoms with Crippen LogP contribution in [0.3, 0.4) is 0 Å². The molecule has 0 aliphatic heterocycles. The van der Waals surface area contributed by atoms with Crippen molar-refractivity contribution in [3.05, 3.63) is 23.3 Å². The molecule has 0 heterocycles. The average molecular weight is 401 g/mol. The third-order valence-electron chi connectivity index (χ3n) is 8.60. The minimum atomic E-state index is -1.45. The molecule has 0 bridgehead atoms. The molecule has 4 aliphatic carbocycles. The minimum absolute atomic E-state index is 0.0560. The maximum atomic E-state index is 12.9. The molecule has 158 valence electrons. The number of esters is 1. The van der Waals surface area contributed by atoms with Gasteiger partial charge in [0.05, 0.1) is 0 Å². The summed E-state index contributed by atoms with van der Waals surface area (Å²) in [5.74, 6) is 0.0175. The first kappa shape index (κ1) is 20.5. The Kier molecular flexibility index (Phi) is 4.88. The molecule has 0 spiro atoms. The lowest BCUT2D eigenvalue weighted by atomic mass is 9.50. The highest BCUT2D eigenvalue weighted by atomic mass is 16.5. The van der Waals surface area contributed by atoms with E-state index in [0.717, 1.165) is 25.7 Å². The third kappa shape index (κ3) is 2.88. The van der Waals surface area contributed by atoms with E-state index in [9.17, 15) is 19.5 Å². The molecule has 5 nitrogen and oxygen atoms in total. The molecule has 2 saturated carbocycles. The van der Waals surface area contributed by atoms with Crippen LogP contribution in [0.15, 0.2) is 23.3 Å². The number of carbonyl (C=O) groups excluding carboxylic acids is 3. The first-order valence-electron chi connectivity index (χ1n) is 11.0. The summed E-state index contributed by atoms with van der Waals surface area (Å²) in [7, 11) is 0. The van der Waals surface area contributed by atoms with Crippen molar-refractivity contribution in [1.82, 2.24) is 0 Å². The second-order valence-corrected chi connectivity index (χ2v) is 9.84. The number of hydrogen-bond donors (Lipinski definition) is 1. The second-order valence-electron chi connectivity index (χ2n) is 9.84. The number of rotatable bonds is 4. The number of ether oxygens (including phenoxy) is 1. The number of carbonyl (C=O) groups is 3. The fourth-order valence-corrected chi connectivity index (χ4v) is 6.70. The van der Waals surface area contributed by atoms with Crippen LogP contribution in [0.1, 0.15) is 72.1 Å². The lowest BCUT2D eigenvalue weighted by Gasteiger charge is -2.54. The van der Waals surface area contributed by atoms with E-state index in [1.54, 1.807) is 6.92 Å². The average Bonchev–Trinajstić information content (AvgIpc) is 2.98. The monoisotopic (exact) mass is 400 g/mol. The van der Waals surface area contributed by atoms with Gasteiger partial charge in [-0.05, 0) is 56.4 Å². The van der Waals surface area contributed by atoms with Gasteiger partial charge in [-0.15, -0.1) is 0 Å². The maximum absolute atomic E-state index is 12.9. The molecule has 5 atom stereocenters. The van der Waals surface area contributed by atoms with Gasteiger partial charge in [-0.25, -0.2) is 0 Å². The molecule has 0 radical (unpaired) electrons.